The third kappa shape index (κ3) is 2.80. The first-order valence-electron chi connectivity index (χ1n) is 4.77. The number of hydrogen-bond donors (Lipinski definition) is 0. The standard InChI is InChI=1S/C10H15N3O/c1-3-4-7-13(2)10(14)9-5-6-11-8-12-9/h5-6,8H,3-4,7H2,1-2H3. The SMILES string of the molecule is CCCCN(C)C(=O)c1ccncn1. The number of amides is 1. The van der Waals surface area contributed by atoms with Gasteiger partial charge >= 0.3 is 0 Å². The van der Waals surface area contributed by atoms with E-state index in [0.29, 0.717) is 5.69 Å². The molecule has 0 saturated heterocycles. The smallest absolute Gasteiger partial charge is 0.272 e. The van der Waals surface area contributed by atoms with E-state index >= 15 is 0 Å². The summed E-state index contributed by atoms with van der Waals surface area (Å²) in [7, 11) is 1.79. The molecule has 0 bridgehead atoms. The number of nitrogens with zero attached hydrogens (tertiary/aromatic N) is 3. The van der Waals surface area contributed by atoms with Gasteiger partial charge in [-0.2, -0.15) is 0 Å². The molecule has 1 amide bonds. The van der Waals surface area contributed by atoms with Crippen LogP contribution in [0.3, 0.4) is 0 Å². The fourth-order valence-corrected chi connectivity index (χ4v) is 1.11. The quantitative estimate of drug-likeness (QED) is 0.725. The Kier molecular flexibility index (Phi) is 4.04. The molecule has 1 aromatic rings. The molecule has 0 aliphatic rings. The average Bonchev–Trinajstić information content (AvgIpc) is 2.26. The molecule has 4 heteroatoms. The number of carbonyl (C=O) groups is 1. The maximum atomic E-state index is 11.7. The minimum atomic E-state index is -0.0409. The van der Waals surface area contributed by atoms with Gasteiger partial charge in [-0.1, -0.05) is 13.3 Å². The van der Waals surface area contributed by atoms with E-state index in [9.17, 15) is 4.79 Å². The van der Waals surface area contributed by atoms with Crippen molar-refractivity contribution in [3.8, 4) is 0 Å². The molecule has 1 heterocycles. The van der Waals surface area contributed by atoms with Crippen LogP contribution in [0, 0.1) is 0 Å². The van der Waals surface area contributed by atoms with Gasteiger partial charge in [0.15, 0.2) is 0 Å². The Balaban J connectivity index is 2.57. The van der Waals surface area contributed by atoms with Gasteiger partial charge in [0.1, 0.15) is 12.0 Å². The summed E-state index contributed by atoms with van der Waals surface area (Å²) in [5.41, 5.74) is 0.457. The third-order valence-corrected chi connectivity index (χ3v) is 1.99. The zero-order valence-electron chi connectivity index (χ0n) is 8.60. The molecule has 0 spiro atoms. The minimum absolute atomic E-state index is 0.0409. The van der Waals surface area contributed by atoms with Gasteiger partial charge < -0.3 is 4.90 Å². The van der Waals surface area contributed by atoms with Crippen LogP contribution in [0.4, 0.5) is 0 Å². The largest absolute Gasteiger partial charge is 0.340 e. The van der Waals surface area contributed by atoms with Crippen LogP contribution in [0.5, 0.6) is 0 Å². The average molecular weight is 193 g/mol. The molecular formula is C10H15N3O. The fourth-order valence-electron chi connectivity index (χ4n) is 1.11. The zero-order valence-corrected chi connectivity index (χ0v) is 8.60. The maximum Gasteiger partial charge on any atom is 0.272 e. The lowest BCUT2D eigenvalue weighted by atomic mass is 10.3. The van der Waals surface area contributed by atoms with Crippen LogP contribution in [0.1, 0.15) is 30.3 Å². The third-order valence-electron chi connectivity index (χ3n) is 1.99. The van der Waals surface area contributed by atoms with Gasteiger partial charge in [0.25, 0.3) is 5.91 Å². The summed E-state index contributed by atoms with van der Waals surface area (Å²) in [5.74, 6) is -0.0409. The van der Waals surface area contributed by atoms with Crippen LogP contribution in [-0.2, 0) is 0 Å². The first kappa shape index (κ1) is 10.6. The van der Waals surface area contributed by atoms with E-state index in [1.807, 2.05) is 0 Å². The molecule has 1 aromatic heterocycles. The molecule has 0 fully saturated rings. The topological polar surface area (TPSA) is 46.1 Å². The molecule has 0 aliphatic heterocycles. The summed E-state index contributed by atoms with van der Waals surface area (Å²) in [4.78, 5) is 21.0. The molecular weight excluding hydrogens is 178 g/mol. The van der Waals surface area contributed by atoms with Gasteiger partial charge in [0, 0.05) is 19.8 Å². The highest BCUT2D eigenvalue weighted by molar-refractivity contribution is 5.91. The van der Waals surface area contributed by atoms with E-state index in [2.05, 4.69) is 16.9 Å². The van der Waals surface area contributed by atoms with Gasteiger partial charge in [-0.05, 0) is 12.5 Å². The Morgan fingerprint density at radius 1 is 1.57 bits per heavy atom. The maximum absolute atomic E-state index is 11.7. The van der Waals surface area contributed by atoms with Crippen LogP contribution in [0.2, 0.25) is 0 Å². The lowest BCUT2D eigenvalue weighted by Crippen LogP contribution is -2.28. The van der Waals surface area contributed by atoms with Crippen molar-refractivity contribution in [3.63, 3.8) is 0 Å². The van der Waals surface area contributed by atoms with Gasteiger partial charge in [0.05, 0.1) is 0 Å². The predicted molar refractivity (Wildman–Crippen MR) is 53.9 cm³/mol. The minimum Gasteiger partial charge on any atom is -0.340 e. The summed E-state index contributed by atoms with van der Waals surface area (Å²) in [6.07, 6.45) is 5.07. The van der Waals surface area contributed by atoms with Crippen molar-refractivity contribution in [2.45, 2.75) is 19.8 Å². The van der Waals surface area contributed by atoms with Crippen molar-refractivity contribution in [3.05, 3.63) is 24.3 Å². The second-order valence-electron chi connectivity index (χ2n) is 3.17. The molecule has 0 aromatic carbocycles. The van der Waals surface area contributed by atoms with Gasteiger partial charge in [-0.3, -0.25) is 4.79 Å². The Morgan fingerprint density at radius 3 is 2.93 bits per heavy atom. The molecule has 0 unspecified atom stereocenters. The number of hydrogen-bond acceptors (Lipinski definition) is 3. The second kappa shape index (κ2) is 5.32. The Bertz CT molecular complexity index is 287. The summed E-state index contributed by atoms with van der Waals surface area (Å²) >= 11 is 0. The van der Waals surface area contributed by atoms with Crippen molar-refractivity contribution < 1.29 is 4.79 Å². The monoisotopic (exact) mass is 193 g/mol. The van der Waals surface area contributed by atoms with E-state index in [-0.39, 0.29) is 5.91 Å². The first-order valence-corrected chi connectivity index (χ1v) is 4.77. The van der Waals surface area contributed by atoms with Crippen LogP contribution in [-0.4, -0.2) is 34.4 Å². The van der Waals surface area contributed by atoms with Crippen LogP contribution < -0.4 is 0 Å². The fraction of sp³-hybridized carbons (Fsp3) is 0.500. The zero-order chi connectivity index (χ0) is 10.4. The number of unbranched alkanes of at least 4 members (excludes halogenated alkanes) is 1. The van der Waals surface area contributed by atoms with Crippen LogP contribution >= 0.6 is 0 Å². The summed E-state index contributed by atoms with van der Waals surface area (Å²) in [6.45, 7) is 2.88. The van der Waals surface area contributed by atoms with Crippen LogP contribution in [0.15, 0.2) is 18.6 Å². The highest BCUT2D eigenvalue weighted by atomic mass is 16.2. The van der Waals surface area contributed by atoms with Crippen molar-refractivity contribution in [2.75, 3.05) is 13.6 Å². The van der Waals surface area contributed by atoms with Crippen molar-refractivity contribution in [2.24, 2.45) is 0 Å². The van der Waals surface area contributed by atoms with Crippen molar-refractivity contribution in [1.82, 2.24) is 14.9 Å². The molecule has 76 valence electrons. The molecule has 4 nitrogen and oxygen atoms in total. The van der Waals surface area contributed by atoms with E-state index in [1.54, 1.807) is 24.2 Å². The van der Waals surface area contributed by atoms with Gasteiger partial charge in [-0.25, -0.2) is 9.97 Å². The normalized spacial score (nSPS) is 9.86. The molecule has 0 aliphatic carbocycles. The predicted octanol–water partition coefficient (Wildman–Crippen LogP) is 1.35. The summed E-state index contributed by atoms with van der Waals surface area (Å²) in [6, 6.07) is 1.63. The van der Waals surface area contributed by atoms with E-state index < -0.39 is 0 Å². The highest BCUT2D eigenvalue weighted by Crippen LogP contribution is 1.99. The summed E-state index contributed by atoms with van der Waals surface area (Å²) in [5, 5.41) is 0. The number of rotatable bonds is 4. The van der Waals surface area contributed by atoms with Crippen molar-refractivity contribution >= 4 is 5.91 Å². The molecule has 0 saturated carbocycles. The van der Waals surface area contributed by atoms with E-state index in [0.717, 1.165) is 19.4 Å². The van der Waals surface area contributed by atoms with E-state index in [4.69, 9.17) is 0 Å². The number of aromatic nitrogens is 2. The highest BCUT2D eigenvalue weighted by Gasteiger charge is 2.11. The van der Waals surface area contributed by atoms with Gasteiger partial charge in [-0.15, -0.1) is 0 Å². The van der Waals surface area contributed by atoms with Crippen LogP contribution in [0.25, 0.3) is 0 Å². The molecule has 1 rings (SSSR count). The second-order valence-corrected chi connectivity index (χ2v) is 3.17. The Morgan fingerprint density at radius 2 is 2.36 bits per heavy atom. The first-order chi connectivity index (χ1) is 6.75. The molecule has 0 N–H and O–H groups in total. The Hall–Kier alpha value is -1.45. The molecule has 14 heavy (non-hydrogen) atoms. The summed E-state index contributed by atoms with van der Waals surface area (Å²) < 4.78 is 0. The van der Waals surface area contributed by atoms with Gasteiger partial charge in [0.2, 0.25) is 0 Å². The lowest BCUT2D eigenvalue weighted by Gasteiger charge is -2.15. The molecule has 0 radical (unpaired) electrons. The Labute approximate surface area is 84.0 Å². The van der Waals surface area contributed by atoms with Crippen molar-refractivity contribution in [1.29, 1.82) is 0 Å². The molecule has 0 atom stereocenters. The lowest BCUT2D eigenvalue weighted by molar-refractivity contribution is 0.0787. The van der Waals surface area contributed by atoms with E-state index in [1.165, 1.54) is 6.33 Å². The number of carbonyl (C=O) groups excluding carboxylic acids is 1.